The highest BCUT2D eigenvalue weighted by atomic mass is 16.4. The number of likely N-dealkylation sites (N-methyl/N-ethyl adjacent to an activating group) is 1. The highest BCUT2D eigenvalue weighted by molar-refractivity contribution is 5.73. The number of carboxylic acid groups (broad SMARTS) is 1. The number of hydrogen-bond acceptors (Lipinski definition) is 3. The van der Waals surface area contributed by atoms with Crippen LogP contribution in [-0.2, 0) is 4.79 Å². The van der Waals surface area contributed by atoms with Gasteiger partial charge in [0.25, 0.3) is 0 Å². The molecule has 1 saturated heterocycles. The number of likely N-dealkylation sites (tertiary alicyclic amines) is 1. The van der Waals surface area contributed by atoms with Crippen molar-refractivity contribution < 1.29 is 9.90 Å². The number of carbonyl (C=O) groups is 1. The van der Waals surface area contributed by atoms with Gasteiger partial charge in [0, 0.05) is 19.1 Å². The molecule has 0 aromatic rings. The first-order valence-electron chi connectivity index (χ1n) is 5.74. The van der Waals surface area contributed by atoms with Crippen LogP contribution in [0.5, 0.6) is 0 Å². The summed E-state index contributed by atoms with van der Waals surface area (Å²) in [7, 11) is 0. The number of hydrogen-bond donors (Lipinski definition) is 2. The Morgan fingerprint density at radius 1 is 1.60 bits per heavy atom. The Morgan fingerprint density at radius 2 is 2.27 bits per heavy atom. The van der Waals surface area contributed by atoms with Crippen molar-refractivity contribution in [3.8, 4) is 0 Å². The molecule has 0 saturated carbocycles. The third-order valence-electron chi connectivity index (χ3n) is 3.08. The lowest BCUT2D eigenvalue weighted by molar-refractivity contribution is -0.140. The molecule has 0 amide bonds. The zero-order valence-electron chi connectivity index (χ0n) is 9.86. The van der Waals surface area contributed by atoms with E-state index in [1.54, 1.807) is 0 Å². The molecule has 3 unspecified atom stereocenters. The van der Waals surface area contributed by atoms with Crippen LogP contribution >= 0.6 is 0 Å². The molecule has 1 rings (SSSR count). The van der Waals surface area contributed by atoms with Crippen molar-refractivity contribution in [2.75, 3.05) is 19.6 Å². The van der Waals surface area contributed by atoms with Gasteiger partial charge in [-0.1, -0.05) is 13.8 Å². The molecule has 15 heavy (non-hydrogen) atoms. The fraction of sp³-hybridized carbons (Fsp3) is 0.909. The van der Waals surface area contributed by atoms with Crippen molar-refractivity contribution in [1.29, 1.82) is 0 Å². The molecule has 0 aliphatic carbocycles. The molecule has 2 N–H and O–H groups in total. The van der Waals surface area contributed by atoms with E-state index in [1.165, 1.54) is 6.42 Å². The van der Waals surface area contributed by atoms with Crippen LogP contribution in [0.3, 0.4) is 0 Å². The van der Waals surface area contributed by atoms with Crippen LogP contribution in [0.15, 0.2) is 0 Å². The molecule has 1 fully saturated rings. The van der Waals surface area contributed by atoms with E-state index in [-0.39, 0.29) is 0 Å². The molecule has 4 heteroatoms. The second kappa shape index (κ2) is 5.47. The summed E-state index contributed by atoms with van der Waals surface area (Å²) in [6.07, 6.45) is 1.18. The second-order valence-electron chi connectivity index (χ2n) is 4.59. The van der Waals surface area contributed by atoms with Crippen molar-refractivity contribution >= 4 is 5.97 Å². The SMILES string of the molecule is CCNC(CN1CC(C)CC1C)C(=O)O. The Morgan fingerprint density at radius 3 is 2.67 bits per heavy atom. The third kappa shape index (κ3) is 3.47. The van der Waals surface area contributed by atoms with Gasteiger partial charge in [-0.2, -0.15) is 0 Å². The molecule has 4 nitrogen and oxygen atoms in total. The van der Waals surface area contributed by atoms with E-state index < -0.39 is 12.0 Å². The molecular weight excluding hydrogens is 192 g/mol. The molecule has 1 aliphatic rings. The minimum Gasteiger partial charge on any atom is -0.480 e. The summed E-state index contributed by atoms with van der Waals surface area (Å²) in [5.74, 6) is -0.0559. The highest BCUT2D eigenvalue weighted by Crippen LogP contribution is 2.22. The average Bonchev–Trinajstić information content (AvgIpc) is 2.44. The minimum atomic E-state index is -0.747. The van der Waals surface area contributed by atoms with Gasteiger partial charge < -0.3 is 10.4 Å². The Hall–Kier alpha value is -0.610. The minimum absolute atomic E-state index is 0.428. The highest BCUT2D eigenvalue weighted by Gasteiger charge is 2.29. The van der Waals surface area contributed by atoms with Crippen molar-refractivity contribution in [2.45, 2.75) is 39.3 Å². The summed E-state index contributed by atoms with van der Waals surface area (Å²) >= 11 is 0. The van der Waals surface area contributed by atoms with Gasteiger partial charge in [-0.05, 0) is 25.8 Å². The van der Waals surface area contributed by atoms with Gasteiger partial charge in [-0.25, -0.2) is 0 Å². The first kappa shape index (κ1) is 12.5. The summed E-state index contributed by atoms with van der Waals surface area (Å²) in [6.45, 7) is 8.68. The Labute approximate surface area is 91.6 Å². The van der Waals surface area contributed by atoms with Crippen LogP contribution in [0.4, 0.5) is 0 Å². The van der Waals surface area contributed by atoms with Gasteiger partial charge in [-0.3, -0.25) is 9.69 Å². The molecule has 88 valence electrons. The van der Waals surface area contributed by atoms with E-state index in [4.69, 9.17) is 5.11 Å². The number of carboxylic acids is 1. The Kier molecular flexibility index (Phi) is 4.54. The zero-order valence-corrected chi connectivity index (χ0v) is 9.86. The topological polar surface area (TPSA) is 52.6 Å². The monoisotopic (exact) mass is 214 g/mol. The van der Waals surface area contributed by atoms with Crippen LogP contribution in [0.2, 0.25) is 0 Å². The third-order valence-corrected chi connectivity index (χ3v) is 3.08. The van der Waals surface area contributed by atoms with Gasteiger partial charge in [0.2, 0.25) is 0 Å². The number of rotatable bonds is 5. The molecule has 1 heterocycles. The quantitative estimate of drug-likeness (QED) is 0.710. The molecular formula is C11H22N2O2. The Balaban J connectivity index is 2.47. The number of aliphatic carboxylic acids is 1. The largest absolute Gasteiger partial charge is 0.480 e. The van der Waals surface area contributed by atoms with Crippen molar-refractivity contribution in [3.05, 3.63) is 0 Å². The second-order valence-corrected chi connectivity index (χ2v) is 4.59. The van der Waals surface area contributed by atoms with E-state index in [0.717, 1.165) is 6.54 Å². The molecule has 0 aromatic carbocycles. The van der Waals surface area contributed by atoms with Crippen molar-refractivity contribution in [3.63, 3.8) is 0 Å². The van der Waals surface area contributed by atoms with Gasteiger partial charge in [-0.15, -0.1) is 0 Å². The molecule has 0 aromatic heterocycles. The summed E-state index contributed by atoms with van der Waals surface area (Å²) < 4.78 is 0. The predicted molar refractivity (Wildman–Crippen MR) is 59.9 cm³/mol. The lowest BCUT2D eigenvalue weighted by Gasteiger charge is -2.25. The maximum atomic E-state index is 11.0. The molecule has 0 radical (unpaired) electrons. The van der Waals surface area contributed by atoms with E-state index in [9.17, 15) is 4.79 Å². The summed E-state index contributed by atoms with van der Waals surface area (Å²) in [5, 5.41) is 12.0. The maximum Gasteiger partial charge on any atom is 0.322 e. The molecule has 0 bridgehead atoms. The van der Waals surface area contributed by atoms with Gasteiger partial charge in [0.1, 0.15) is 6.04 Å². The first-order valence-corrected chi connectivity index (χ1v) is 5.74. The Bertz CT molecular complexity index is 221. The smallest absolute Gasteiger partial charge is 0.322 e. The number of nitrogens with zero attached hydrogens (tertiary/aromatic N) is 1. The maximum absolute atomic E-state index is 11.0. The average molecular weight is 214 g/mol. The van der Waals surface area contributed by atoms with Crippen LogP contribution in [-0.4, -0.2) is 47.7 Å². The lowest BCUT2D eigenvalue weighted by Crippen LogP contribution is -2.47. The normalized spacial score (nSPS) is 29.3. The van der Waals surface area contributed by atoms with E-state index in [1.807, 2.05) is 6.92 Å². The molecule has 0 spiro atoms. The first-order chi connectivity index (χ1) is 7.04. The van der Waals surface area contributed by atoms with Gasteiger partial charge in [0.05, 0.1) is 0 Å². The van der Waals surface area contributed by atoms with E-state index >= 15 is 0 Å². The van der Waals surface area contributed by atoms with Crippen LogP contribution in [0.1, 0.15) is 27.2 Å². The summed E-state index contributed by atoms with van der Waals surface area (Å²) in [4.78, 5) is 13.2. The van der Waals surface area contributed by atoms with Gasteiger partial charge >= 0.3 is 5.97 Å². The number of nitrogens with one attached hydrogen (secondary N) is 1. The van der Waals surface area contributed by atoms with Gasteiger partial charge in [0.15, 0.2) is 0 Å². The zero-order chi connectivity index (χ0) is 11.4. The fourth-order valence-corrected chi connectivity index (χ4v) is 2.35. The van der Waals surface area contributed by atoms with Crippen LogP contribution < -0.4 is 5.32 Å². The van der Waals surface area contributed by atoms with Crippen LogP contribution in [0.25, 0.3) is 0 Å². The lowest BCUT2D eigenvalue weighted by atomic mass is 10.1. The van der Waals surface area contributed by atoms with Crippen LogP contribution in [0, 0.1) is 5.92 Å². The molecule has 3 atom stereocenters. The predicted octanol–water partition coefficient (Wildman–Crippen LogP) is 0.779. The molecule has 1 aliphatic heterocycles. The summed E-state index contributed by atoms with van der Waals surface area (Å²) in [5.41, 5.74) is 0. The van der Waals surface area contributed by atoms with E-state index in [0.29, 0.717) is 25.0 Å². The van der Waals surface area contributed by atoms with Crippen molar-refractivity contribution in [2.24, 2.45) is 5.92 Å². The summed E-state index contributed by atoms with van der Waals surface area (Å²) in [6, 6.07) is 0.0863. The van der Waals surface area contributed by atoms with E-state index in [2.05, 4.69) is 24.1 Å². The van der Waals surface area contributed by atoms with Crippen molar-refractivity contribution in [1.82, 2.24) is 10.2 Å². The fourth-order valence-electron chi connectivity index (χ4n) is 2.35. The standard InChI is InChI=1S/C11H22N2O2/c1-4-12-10(11(14)15)7-13-6-8(2)5-9(13)3/h8-10,12H,4-7H2,1-3H3,(H,14,15).